The van der Waals surface area contributed by atoms with Crippen molar-refractivity contribution in [3.63, 3.8) is 0 Å². The number of unbranched alkanes of at least 4 members (excludes halogenated alkanes) is 1. The van der Waals surface area contributed by atoms with E-state index in [1.165, 1.54) is 12.8 Å². The average molecular weight is 277 g/mol. The maximum absolute atomic E-state index is 5.89. The summed E-state index contributed by atoms with van der Waals surface area (Å²) in [4.78, 5) is 2.51. The molecule has 2 rings (SSSR count). The molecular weight excluding hydrogens is 256 g/mol. The predicted octanol–water partition coefficient (Wildman–Crippen LogP) is 3.63. The van der Waals surface area contributed by atoms with Crippen LogP contribution in [0.2, 0.25) is 5.02 Å². The molecule has 1 aliphatic rings. The van der Waals surface area contributed by atoms with Crippen LogP contribution in [0.5, 0.6) is 0 Å². The highest BCUT2D eigenvalue weighted by atomic mass is 35.5. The Morgan fingerprint density at radius 2 is 1.95 bits per heavy atom. The molecule has 1 heterocycles. The molecule has 0 spiro atoms. The number of piperidine rings is 1. The van der Waals surface area contributed by atoms with Crippen LogP contribution in [0.15, 0.2) is 24.3 Å². The van der Waals surface area contributed by atoms with Gasteiger partial charge in [0.1, 0.15) is 0 Å². The third-order valence-corrected chi connectivity index (χ3v) is 3.85. The Bertz CT molecular complexity index is 413. The maximum Gasteiger partial charge on any atom is 0.0407 e. The van der Waals surface area contributed by atoms with E-state index in [-0.39, 0.29) is 0 Å². The third-order valence-electron chi connectivity index (χ3n) is 3.60. The first kappa shape index (κ1) is 14.2. The molecule has 102 valence electrons. The van der Waals surface area contributed by atoms with Gasteiger partial charge in [-0.3, -0.25) is 0 Å². The van der Waals surface area contributed by atoms with Gasteiger partial charge in [0, 0.05) is 36.3 Å². The van der Waals surface area contributed by atoms with Gasteiger partial charge in [0.05, 0.1) is 0 Å². The minimum atomic E-state index is 0.574. The Balaban J connectivity index is 1.71. The molecule has 0 atom stereocenters. The highest BCUT2D eigenvalue weighted by Crippen LogP contribution is 2.18. The lowest BCUT2D eigenvalue weighted by atomic mass is 10.0. The van der Waals surface area contributed by atoms with Crippen molar-refractivity contribution in [2.45, 2.75) is 31.7 Å². The number of nitrogens with one attached hydrogen (secondary N) is 1. The van der Waals surface area contributed by atoms with Crippen molar-refractivity contribution < 1.29 is 0 Å². The van der Waals surface area contributed by atoms with Gasteiger partial charge in [0.2, 0.25) is 0 Å². The molecule has 0 amide bonds. The van der Waals surface area contributed by atoms with Crippen LogP contribution in [-0.2, 0) is 0 Å². The molecule has 0 radical (unpaired) electrons. The van der Waals surface area contributed by atoms with Gasteiger partial charge >= 0.3 is 0 Å². The van der Waals surface area contributed by atoms with E-state index in [0.717, 1.165) is 43.2 Å². The summed E-state index contributed by atoms with van der Waals surface area (Å²) >= 11 is 5.89. The lowest BCUT2D eigenvalue weighted by Gasteiger charge is -2.32. The van der Waals surface area contributed by atoms with E-state index >= 15 is 0 Å². The van der Waals surface area contributed by atoms with Gasteiger partial charge < -0.3 is 10.2 Å². The van der Waals surface area contributed by atoms with Crippen LogP contribution in [0.4, 0.5) is 5.69 Å². The van der Waals surface area contributed by atoms with Crippen LogP contribution in [0.25, 0.3) is 0 Å². The fourth-order valence-electron chi connectivity index (χ4n) is 2.49. The quantitative estimate of drug-likeness (QED) is 0.653. The number of hydrogen-bond acceptors (Lipinski definition) is 2. The fourth-order valence-corrected chi connectivity index (χ4v) is 2.61. The fraction of sp³-hybridized carbons (Fsp3) is 0.500. The van der Waals surface area contributed by atoms with Crippen molar-refractivity contribution in [2.75, 3.05) is 25.0 Å². The average Bonchev–Trinajstić information content (AvgIpc) is 2.44. The summed E-state index contributed by atoms with van der Waals surface area (Å²) in [5, 5.41) is 4.36. The molecule has 2 nitrogen and oxygen atoms in total. The molecule has 1 saturated heterocycles. The smallest absolute Gasteiger partial charge is 0.0407 e. The molecule has 19 heavy (non-hydrogen) atoms. The zero-order valence-electron chi connectivity index (χ0n) is 11.2. The highest BCUT2D eigenvalue weighted by Gasteiger charge is 2.18. The predicted molar refractivity (Wildman–Crippen MR) is 82.6 cm³/mol. The van der Waals surface area contributed by atoms with E-state index in [1.807, 2.05) is 24.3 Å². The second kappa shape index (κ2) is 7.43. The summed E-state index contributed by atoms with van der Waals surface area (Å²) in [7, 11) is 0. The van der Waals surface area contributed by atoms with Gasteiger partial charge in [-0.25, -0.2) is 0 Å². The van der Waals surface area contributed by atoms with Crippen LogP contribution in [-0.4, -0.2) is 30.6 Å². The van der Waals surface area contributed by atoms with E-state index < -0.39 is 0 Å². The number of halogens is 1. The zero-order valence-corrected chi connectivity index (χ0v) is 12.0. The summed E-state index contributed by atoms with van der Waals surface area (Å²) in [5.41, 5.74) is 1.16. The first-order chi connectivity index (χ1) is 9.28. The number of likely N-dealkylation sites (tertiary alicyclic amines) is 1. The van der Waals surface area contributed by atoms with Crippen LogP contribution in [0, 0.1) is 12.3 Å². The zero-order chi connectivity index (χ0) is 13.5. The minimum absolute atomic E-state index is 0.574. The molecule has 1 aliphatic heterocycles. The lowest BCUT2D eigenvalue weighted by Crippen LogP contribution is -2.39. The monoisotopic (exact) mass is 276 g/mol. The Kier molecular flexibility index (Phi) is 5.57. The van der Waals surface area contributed by atoms with Gasteiger partial charge in [0.15, 0.2) is 0 Å². The lowest BCUT2D eigenvalue weighted by molar-refractivity contribution is 0.217. The first-order valence-electron chi connectivity index (χ1n) is 6.96. The van der Waals surface area contributed by atoms with Crippen LogP contribution in [0.1, 0.15) is 25.7 Å². The van der Waals surface area contributed by atoms with Crippen LogP contribution < -0.4 is 5.32 Å². The maximum atomic E-state index is 5.89. The van der Waals surface area contributed by atoms with E-state index in [9.17, 15) is 0 Å². The van der Waals surface area contributed by atoms with Gasteiger partial charge in [-0.1, -0.05) is 11.6 Å². The van der Waals surface area contributed by atoms with Crippen molar-refractivity contribution in [1.29, 1.82) is 0 Å². The van der Waals surface area contributed by atoms with Crippen molar-refractivity contribution in [3.05, 3.63) is 29.3 Å². The number of rotatable bonds is 5. The SMILES string of the molecule is C#CCCCN1CCC(Nc2ccc(Cl)cc2)CC1. The van der Waals surface area contributed by atoms with Gasteiger partial charge in [-0.05, 0) is 50.1 Å². The summed E-state index contributed by atoms with van der Waals surface area (Å²) in [5.74, 6) is 2.70. The molecule has 0 saturated carbocycles. The van der Waals surface area contributed by atoms with Crippen molar-refractivity contribution in [2.24, 2.45) is 0 Å². The molecule has 3 heteroatoms. The summed E-state index contributed by atoms with van der Waals surface area (Å²) in [6.45, 7) is 3.46. The Hall–Kier alpha value is -1.17. The number of hydrogen-bond donors (Lipinski definition) is 1. The molecule has 0 aromatic heterocycles. The third kappa shape index (κ3) is 4.78. The van der Waals surface area contributed by atoms with E-state index in [4.69, 9.17) is 18.0 Å². The Labute approximate surface area is 121 Å². The van der Waals surface area contributed by atoms with Crippen molar-refractivity contribution in [1.82, 2.24) is 4.90 Å². The van der Waals surface area contributed by atoms with Gasteiger partial charge in [0.25, 0.3) is 0 Å². The number of anilines is 1. The van der Waals surface area contributed by atoms with Gasteiger partial charge in [-0.2, -0.15) is 0 Å². The molecule has 1 aromatic rings. The normalized spacial score (nSPS) is 17.1. The molecule has 0 bridgehead atoms. The van der Waals surface area contributed by atoms with Crippen molar-refractivity contribution in [3.8, 4) is 12.3 Å². The van der Waals surface area contributed by atoms with E-state index in [2.05, 4.69) is 16.1 Å². The molecule has 0 aliphatic carbocycles. The topological polar surface area (TPSA) is 15.3 Å². The molecule has 0 unspecified atom stereocenters. The standard InChI is InChI=1S/C16H21ClN2/c1-2-3-4-11-19-12-9-16(10-13-19)18-15-7-5-14(17)6-8-15/h1,5-8,16,18H,3-4,9-13H2. The van der Waals surface area contributed by atoms with Crippen molar-refractivity contribution >= 4 is 17.3 Å². The molecule has 1 fully saturated rings. The second-order valence-electron chi connectivity index (χ2n) is 5.07. The number of nitrogens with zero attached hydrogens (tertiary/aromatic N) is 1. The van der Waals surface area contributed by atoms with E-state index in [1.54, 1.807) is 0 Å². The minimum Gasteiger partial charge on any atom is -0.382 e. The summed E-state index contributed by atoms with van der Waals surface area (Å²) < 4.78 is 0. The number of terminal acetylenes is 1. The second-order valence-corrected chi connectivity index (χ2v) is 5.51. The van der Waals surface area contributed by atoms with Crippen LogP contribution >= 0.6 is 11.6 Å². The molecule has 1 aromatic carbocycles. The summed E-state index contributed by atoms with van der Waals surface area (Å²) in [6.07, 6.45) is 9.67. The van der Waals surface area contributed by atoms with Crippen LogP contribution in [0.3, 0.4) is 0 Å². The van der Waals surface area contributed by atoms with Gasteiger partial charge in [-0.15, -0.1) is 12.3 Å². The molecular formula is C16H21ClN2. The Morgan fingerprint density at radius 1 is 1.26 bits per heavy atom. The van der Waals surface area contributed by atoms with E-state index in [0.29, 0.717) is 6.04 Å². The molecule has 1 N–H and O–H groups in total. The highest BCUT2D eigenvalue weighted by molar-refractivity contribution is 6.30. The first-order valence-corrected chi connectivity index (χ1v) is 7.33. The Morgan fingerprint density at radius 3 is 2.58 bits per heavy atom. The number of benzene rings is 1. The summed E-state index contributed by atoms with van der Waals surface area (Å²) in [6, 6.07) is 8.52. The largest absolute Gasteiger partial charge is 0.382 e.